The smallest absolute Gasteiger partial charge is 0.0212 e. The first-order valence-electron chi connectivity index (χ1n) is 4.07. The standard InChI is InChI=1S/C10H13N/c1-7-3-9-5-11-6-10(9)4-8(7)2/h3-4,11H,5-6H2,1-2H3. The number of rotatable bonds is 0. The second-order valence-corrected chi connectivity index (χ2v) is 3.31. The van der Waals surface area contributed by atoms with E-state index in [1.165, 1.54) is 22.3 Å². The monoisotopic (exact) mass is 147 g/mol. The molecule has 0 radical (unpaired) electrons. The van der Waals surface area contributed by atoms with E-state index in [-0.39, 0.29) is 0 Å². The van der Waals surface area contributed by atoms with Crippen LogP contribution in [-0.2, 0) is 13.1 Å². The molecule has 1 aliphatic heterocycles. The molecule has 1 nitrogen and oxygen atoms in total. The van der Waals surface area contributed by atoms with Crippen LogP contribution in [0.3, 0.4) is 0 Å². The van der Waals surface area contributed by atoms with E-state index in [1.807, 2.05) is 0 Å². The highest BCUT2D eigenvalue weighted by molar-refractivity contribution is 5.38. The van der Waals surface area contributed by atoms with Crippen LogP contribution in [0.1, 0.15) is 22.3 Å². The molecule has 11 heavy (non-hydrogen) atoms. The second-order valence-electron chi connectivity index (χ2n) is 3.31. The van der Waals surface area contributed by atoms with Crippen molar-refractivity contribution in [2.24, 2.45) is 0 Å². The van der Waals surface area contributed by atoms with Crippen LogP contribution in [0.25, 0.3) is 0 Å². The molecular formula is C10H13N. The fourth-order valence-electron chi connectivity index (χ4n) is 1.60. The van der Waals surface area contributed by atoms with E-state index in [1.54, 1.807) is 0 Å². The van der Waals surface area contributed by atoms with Crippen LogP contribution in [0.15, 0.2) is 12.1 Å². The maximum absolute atomic E-state index is 3.34. The molecule has 2 rings (SSSR count). The Bertz CT molecular complexity index is 260. The molecule has 1 heteroatoms. The lowest BCUT2D eigenvalue weighted by molar-refractivity contribution is 0.764. The predicted molar refractivity (Wildman–Crippen MR) is 46.5 cm³/mol. The van der Waals surface area contributed by atoms with Gasteiger partial charge in [0.05, 0.1) is 0 Å². The molecule has 0 aromatic heterocycles. The van der Waals surface area contributed by atoms with Crippen LogP contribution < -0.4 is 5.32 Å². The normalized spacial score (nSPS) is 15.1. The minimum atomic E-state index is 1.05. The molecule has 0 spiro atoms. The molecular weight excluding hydrogens is 134 g/mol. The van der Waals surface area contributed by atoms with Crippen molar-refractivity contribution < 1.29 is 0 Å². The minimum Gasteiger partial charge on any atom is -0.309 e. The third-order valence-corrected chi connectivity index (χ3v) is 2.45. The third-order valence-electron chi connectivity index (χ3n) is 2.45. The van der Waals surface area contributed by atoms with Crippen LogP contribution in [-0.4, -0.2) is 0 Å². The SMILES string of the molecule is Cc1cc2c(cc1C)CNC2. The topological polar surface area (TPSA) is 12.0 Å². The van der Waals surface area contributed by atoms with Crippen LogP contribution >= 0.6 is 0 Å². The Hall–Kier alpha value is -0.820. The lowest BCUT2D eigenvalue weighted by Crippen LogP contribution is -1.99. The second kappa shape index (κ2) is 2.35. The number of aryl methyl sites for hydroxylation is 2. The van der Waals surface area contributed by atoms with Gasteiger partial charge in [0, 0.05) is 13.1 Å². The van der Waals surface area contributed by atoms with Crippen molar-refractivity contribution in [2.75, 3.05) is 0 Å². The average molecular weight is 147 g/mol. The van der Waals surface area contributed by atoms with Crippen molar-refractivity contribution in [1.29, 1.82) is 0 Å². The van der Waals surface area contributed by atoms with Gasteiger partial charge in [0.2, 0.25) is 0 Å². The Morgan fingerprint density at radius 1 is 1.00 bits per heavy atom. The molecule has 0 saturated heterocycles. The zero-order valence-electron chi connectivity index (χ0n) is 7.07. The lowest BCUT2D eigenvalue weighted by atomic mass is 10.0. The summed E-state index contributed by atoms with van der Waals surface area (Å²) >= 11 is 0. The summed E-state index contributed by atoms with van der Waals surface area (Å²) < 4.78 is 0. The van der Waals surface area contributed by atoms with Crippen LogP contribution in [0, 0.1) is 13.8 Å². The van der Waals surface area contributed by atoms with E-state index in [9.17, 15) is 0 Å². The zero-order valence-corrected chi connectivity index (χ0v) is 7.07. The molecule has 0 amide bonds. The molecule has 0 unspecified atom stereocenters. The van der Waals surface area contributed by atoms with Crippen LogP contribution in [0.4, 0.5) is 0 Å². The molecule has 58 valence electrons. The highest BCUT2D eigenvalue weighted by Crippen LogP contribution is 2.19. The van der Waals surface area contributed by atoms with Gasteiger partial charge < -0.3 is 5.32 Å². The number of nitrogens with one attached hydrogen (secondary N) is 1. The van der Waals surface area contributed by atoms with Crippen molar-refractivity contribution in [1.82, 2.24) is 5.32 Å². The van der Waals surface area contributed by atoms with E-state index < -0.39 is 0 Å². The van der Waals surface area contributed by atoms with Gasteiger partial charge in [-0.25, -0.2) is 0 Å². The summed E-state index contributed by atoms with van der Waals surface area (Å²) in [5.74, 6) is 0. The van der Waals surface area contributed by atoms with Gasteiger partial charge in [-0.05, 0) is 36.1 Å². The first-order chi connectivity index (χ1) is 5.27. The van der Waals surface area contributed by atoms with Gasteiger partial charge in [0.15, 0.2) is 0 Å². The van der Waals surface area contributed by atoms with Crippen molar-refractivity contribution >= 4 is 0 Å². The van der Waals surface area contributed by atoms with Crippen LogP contribution in [0.2, 0.25) is 0 Å². The molecule has 0 saturated carbocycles. The summed E-state index contributed by atoms with van der Waals surface area (Å²) in [6.07, 6.45) is 0. The summed E-state index contributed by atoms with van der Waals surface area (Å²) in [7, 11) is 0. The maximum Gasteiger partial charge on any atom is 0.0212 e. The molecule has 1 aromatic carbocycles. The predicted octanol–water partition coefficient (Wildman–Crippen LogP) is 1.91. The van der Waals surface area contributed by atoms with Gasteiger partial charge in [0.1, 0.15) is 0 Å². The quantitative estimate of drug-likeness (QED) is 0.591. The first kappa shape index (κ1) is 6.86. The highest BCUT2D eigenvalue weighted by Gasteiger charge is 2.10. The Labute approximate surface area is 67.4 Å². The van der Waals surface area contributed by atoms with Gasteiger partial charge in [-0.15, -0.1) is 0 Å². The Morgan fingerprint density at radius 3 is 1.91 bits per heavy atom. The zero-order chi connectivity index (χ0) is 7.84. The fourth-order valence-corrected chi connectivity index (χ4v) is 1.60. The van der Waals surface area contributed by atoms with Crippen molar-refractivity contribution in [3.63, 3.8) is 0 Å². The lowest BCUT2D eigenvalue weighted by Gasteiger charge is -2.03. The number of fused-ring (bicyclic) bond motifs is 1. The molecule has 1 aromatic rings. The molecule has 0 bridgehead atoms. The number of hydrogen-bond acceptors (Lipinski definition) is 1. The Morgan fingerprint density at radius 2 is 1.45 bits per heavy atom. The van der Waals surface area contributed by atoms with Crippen molar-refractivity contribution in [3.8, 4) is 0 Å². The Balaban J connectivity index is 2.57. The molecule has 1 heterocycles. The van der Waals surface area contributed by atoms with E-state index in [0.717, 1.165) is 13.1 Å². The van der Waals surface area contributed by atoms with Gasteiger partial charge in [-0.1, -0.05) is 12.1 Å². The van der Waals surface area contributed by atoms with Gasteiger partial charge >= 0.3 is 0 Å². The molecule has 1 aliphatic rings. The largest absolute Gasteiger partial charge is 0.309 e. The third kappa shape index (κ3) is 1.05. The molecule has 0 aliphatic carbocycles. The van der Waals surface area contributed by atoms with E-state index >= 15 is 0 Å². The summed E-state index contributed by atoms with van der Waals surface area (Å²) in [5, 5.41) is 3.34. The number of benzene rings is 1. The Kier molecular flexibility index (Phi) is 1.46. The minimum absolute atomic E-state index is 1.05. The fraction of sp³-hybridized carbons (Fsp3) is 0.400. The van der Waals surface area contributed by atoms with Gasteiger partial charge in [-0.2, -0.15) is 0 Å². The van der Waals surface area contributed by atoms with Crippen LogP contribution in [0.5, 0.6) is 0 Å². The van der Waals surface area contributed by atoms with Crippen molar-refractivity contribution in [3.05, 3.63) is 34.4 Å². The van der Waals surface area contributed by atoms with Gasteiger partial charge in [0.25, 0.3) is 0 Å². The molecule has 0 atom stereocenters. The number of hydrogen-bond donors (Lipinski definition) is 1. The molecule has 0 fully saturated rings. The highest BCUT2D eigenvalue weighted by atomic mass is 14.9. The maximum atomic E-state index is 3.34. The van der Waals surface area contributed by atoms with E-state index in [4.69, 9.17) is 0 Å². The summed E-state index contributed by atoms with van der Waals surface area (Å²) in [5.41, 5.74) is 5.78. The average Bonchev–Trinajstić information content (AvgIpc) is 2.36. The summed E-state index contributed by atoms with van der Waals surface area (Å²) in [6, 6.07) is 4.59. The first-order valence-corrected chi connectivity index (χ1v) is 4.07. The van der Waals surface area contributed by atoms with E-state index in [2.05, 4.69) is 31.3 Å². The summed E-state index contributed by atoms with van der Waals surface area (Å²) in [6.45, 7) is 6.45. The molecule has 1 N–H and O–H groups in total. The van der Waals surface area contributed by atoms with Crippen molar-refractivity contribution in [2.45, 2.75) is 26.9 Å². The van der Waals surface area contributed by atoms with Gasteiger partial charge in [-0.3, -0.25) is 0 Å². The summed E-state index contributed by atoms with van der Waals surface area (Å²) in [4.78, 5) is 0. The van der Waals surface area contributed by atoms with E-state index in [0.29, 0.717) is 0 Å².